The Hall–Kier alpha value is -0.450. The number of rotatable bonds is 7. The molecule has 0 saturated heterocycles. The van der Waals surface area contributed by atoms with Gasteiger partial charge in [-0.2, -0.15) is 0 Å². The summed E-state index contributed by atoms with van der Waals surface area (Å²) in [4.78, 5) is 13.2. The van der Waals surface area contributed by atoms with Gasteiger partial charge in [-0.25, -0.2) is 0 Å². The predicted molar refractivity (Wildman–Crippen MR) is 136 cm³/mol. The molecule has 4 rings (SSSR count). The molecule has 196 valence electrons. The number of fused-ring (bicyclic) bond motifs is 5. The smallest absolute Gasteiger partial charge is 0.136 e. The molecule has 4 aliphatic rings. The summed E-state index contributed by atoms with van der Waals surface area (Å²) in [5.41, 5.74) is -1.27. The maximum atomic E-state index is 13.2. The monoisotopic (exact) mass is 476 g/mol. The van der Waals surface area contributed by atoms with Crippen LogP contribution in [0.1, 0.15) is 106 Å². The van der Waals surface area contributed by atoms with Crippen LogP contribution in [0.3, 0.4) is 0 Å². The first-order valence-corrected chi connectivity index (χ1v) is 14.4. The minimum atomic E-state index is -1.09. The van der Waals surface area contributed by atoms with Crippen molar-refractivity contribution >= 4 is 5.78 Å². The number of aliphatic hydroxyl groups is 3. The van der Waals surface area contributed by atoms with Gasteiger partial charge in [0.2, 0.25) is 0 Å². The zero-order chi connectivity index (χ0) is 25.2. The van der Waals surface area contributed by atoms with Gasteiger partial charge < -0.3 is 15.3 Å². The highest BCUT2D eigenvalue weighted by atomic mass is 16.3. The molecule has 0 aromatic carbocycles. The number of aliphatic hydroxyl groups excluding tert-OH is 2. The standard InChI is InChI=1S/C30H52O4/c1-8-20(17(2)3)15-25(33)18(4)22-9-10-23-26-24(12-13-28(22,23)6)29(7)14-11-21(32)16-30(29,34)27(26)19(5)31/h17-18,20-27,32-34H,8-16H2,1-7H3/t18-,20+,21-,22+,23-,24-,25+,26-,27+,28+,29+,30+/m0/s1. The molecule has 0 aromatic rings. The highest BCUT2D eigenvalue weighted by Crippen LogP contribution is 2.73. The van der Waals surface area contributed by atoms with E-state index >= 15 is 0 Å². The molecule has 4 saturated carbocycles. The van der Waals surface area contributed by atoms with E-state index in [4.69, 9.17) is 0 Å². The van der Waals surface area contributed by atoms with Crippen molar-refractivity contribution in [2.45, 2.75) is 124 Å². The third kappa shape index (κ3) is 3.76. The molecular formula is C30H52O4. The van der Waals surface area contributed by atoms with E-state index in [2.05, 4.69) is 41.5 Å². The van der Waals surface area contributed by atoms with Gasteiger partial charge in [0.15, 0.2) is 0 Å². The number of hydrogen-bond acceptors (Lipinski definition) is 4. The molecule has 4 heteroatoms. The maximum Gasteiger partial charge on any atom is 0.136 e. The number of hydrogen-bond donors (Lipinski definition) is 3. The summed E-state index contributed by atoms with van der Waals surface area (Å²) in [6.45, 7) is 15.4. The van der Waals surface area contributed by atoms with Crippen LogP contribution in [0, 0.1) is 58.2 Å². The Morgan fingerprint density at radius 3 is 2.29 bits per heavy atom. The van der Waals surface area contributed by atoms with Gasteiger partial charge in [0, 0.05) is 11.8 Å². The van der Waals surface area contributed by atoms with Crippen molar-refractivity contribution < 1.29 is 20.1 Å². The summed E-state index contributed by atoms with van der Waals surface area (Å²) in [7, 11) is 0. The number of carbonyl (C=O) groups excluding carboxylic acids is 1. The van der Waals surface area contributed by atoms with Crippen LogP contribution < -0.4 is 0 Å². The second-order valence-corrected chi connectivity index (χ2v) is 13.9. The highest BCUT2D eigenvalue weighted by Gasteiger charge is 2.73. The molecule has 3 N–H and O–H groups in total. The summed E-state index contributed by atoms with van der Waals surface area (Å²) in [6.07, 6.45) is 7.48. The van der Waals surface area contributed by atoms with E-state index in [1.165, 1.54) is 0 Å². The molecular weight excluding hydrogens is 424 g/mol. The van der Waals surface area contributed by atoms with Crippen molar-refractivity contribution in [3.05, 3.63) is 0 Å². The van der Waals surface area contributed by atoms with E-state index < -0.39 is 11.7 Å². The fraction of sp³-hybridized carbons (Fsp3) is 0.967. The maximum absolute atomic E-state index is 13.2. The summed E-state index contributed by atoms with van der Waals surface area (Å²) in [6, 6.07) is 0. The predicted octanol–water partition coefficient (Wildman–Crippen LogP) is 5.62. The second kappa shape index (κ2) is 9.14. The van der Waals surface area contributed by atoms with Crippen molar-refractivity contribution in [3.8, 4) is 0 Å². The van der Waals surface area contributed by atoms with Gasteiger partial charge in [0.25, 0.3) is 0 Å². The van der Waals surface area contributed by atoms with Crippen molar-refractivity contribution in [1.29, 1.82) is 0 Å². The summed E-state index contributed by atoms with van der Waals surface area (Å²) >= 11 is 0. The third-order valence-electron chi connectivity index (χ3n) is 12.3. The van der Waals surface area contributed by atoms with Crippen molar-refractivity contribution in [1.82, 2.24) is 0 Å². The van der Waals surface area contributed by atoms with E-state index in [9.17, 15) is 20.1 Å². The zero-order valence-corrected chi connectivity index (χ0v) is 22.9. The van der Waals surface area contributed by atoms with E-state index in [-0.39, 0.29) is 40.5 Å². The first kappa shape index (κ1) is 26.6. The second-order valence-electron chi connectivity index (χ2n) is 13.9. The van der Waals surface area contributed by atoms with Gasteiger partial charge in [0.1, 0.15) is 5.78 Å². The van der Waals surface area contributed by atoms with Gasteiger partial charge in [-0.3, -0.25) is 4.79 Å². The molecule has 12 atom stereocenters. The van der Waals surface area contributed by atoms with Crippen molar-refractivity contribution in [2.24, 2.45) is 58.2 Å². The molecule has 4 fully saturated rings. The molecule has 0 unspecified atom stereocenters. The number of ketones is 1. The molecule has 0 spiro atoms. The Kier molecular flexibility index (Phi) is 7.15. The lowest BCUT2D eigenvalue weighted by atomic mass is 9.53. The molecule has 0 heterocycles. The number of carbonyl (C=O) groups is 1. The Labute approximate surface area is 208 Å². The summed E-state index contributed by atoms with van der Waals surface area (Å²) in [5.74, 6) is 2.55. The van der Waals surface area contributed by atoms with Crippen LogP contribution in [0.15, 0.2) is 0 Å². The lowest BCUT2D eigenvalue weighted by molar-refractivity contribution is -0.161. The third-order valence-corrected chi connectivity index (χ3v) is 12.3. The first-order valence-electron chi connectivity index (χ1n) is 14.4. The van der Waals surface area contributed by atoms with E-state index in [0.717, 1.165) is 51.4 Å². The first-order chi connectivity index (χ1) is 15.8. The van der Waals surface area contributed by atoms with Crippen molar-refractivity contribution in [3.63, 3.8) is 0 Å². The Bertz CT molecular complexity index is 765. The fourth-order valence-electron chi connectivity index (χ4n) is 10.3. The number of Topliss-reactive ketones (excluding diaryl/α,β-unsaturated/α-hetero) is 1. The Morgan fingerprint density at radius 2 is 1.71 bits per heavy atom. The zero-order valence-electron chi connectivity index (χ0n) is 22.9. The lowest BCUT2D eigenvalue weighted by Gasteiger charge is -2.52. The van der Waals surface area contributed by atoms with Crippen LogP contribution in [0.2, 0.25) is 0 Å². The molecule has 0 aliphatic heterocycles. The van der Waals surface area contributed by atoms with Crippen molar-refractivity contribution in [2.75, 3.05) is 0 Å². The molecule has 0 bridgehead atoms. The molecule has 34 heavy (non-hydrogen) atoms. The van der Waals surface area contributed by atoms with Crippen LogP contribution in [-0.2, 0) is 4.79 Å². The molecule has 0 radical (unpaired) electrons. The summed E-state index contributed by atoms with van der Waals surface area (Å²) in [5, 5.41) is 34.0. The van der Waals surface area contributed by atoms with E-state index in [1.54, 1.807) is 6.92 Å². The van der Waals surface area contributed by atoms with Gasteiger partial charge >= 0.3 is 0 Å². The minimum absolute atomic E-state index is 0.105. The normalized spacial score (nSPS) is 48.7. The minimum Gasteiger partial charge on any atom is -0.393 e. The lowest BCUT2D eigenvalue weighted by Crippen LogP contribution is -2.55. The SMILES string of the molecule is CC[C@H](C[C@@H](O)[C@@H](C)[C@H]1CC[C@H]2[C@@H]3[C@@H](C(C)=O)[C@]4(O)C[C@@H](O)CC[C@]4(C)[C@H]3CC[C@]12C)C(C)C. The molecule has 0 amide bonds. The molecule has 4 nitrogen and oxygen atoms in total. The van der Waals surface area contributed by atoms with Gasteiger partial charge in [0.05, 0.1) is 23.7 Å². The van der Waals surface area contributed by atoms with Crippen LogP contribution in [0.5, 0.6) is 0 Å². The summed E-state index contributed by atoms with van der Waals surface area (Å²) < 4.78 is 0. The Morgan fingerprint density at radius 1 is 1.03 bits per heavy atom. The average Bonchev–Trinajstić information content (AvgIpc) is 3.20. The van der Waals surface area contributed by atoms with Crippen LogP contribution in [0.4, 0.5) is 0 Å². The van der Waals surface area contributed by atoms with Gasteiger partial charge in [-0.1, -0.05) is 48.0 Å². The van der Waals surface area contributed by atoms with Crippen LogP contribution in [0.25, 0.3) is 0 Å². The topological polar surface area (TPSA) is 77.8 Å². The van der Waals surface area contributed by atoms with Gasteiger partial charge in [-0.15, -0.1) is 0 Å². The van der Waals surface area contributed by atoms with Crippen LogP contribution in [-0.4, -0.2) is 38.9 Å². The van der Waals surface area contributed by atoms with Gasteiger partial charge in [-0.05, 0) is 98.7 Å². The molecule has 0 aromatic heterocycles. The Balaban J connectivity index is 1.62. The van der Waals surface area contributed by atoms with E-state index in [0.29, 0.717) is 36.0 Å². The average molecular weight is 477 g/mol. The molecule has 4 aliphatic carbocycles. The van der Waals surface area contributed by atoms with E-state index in [1.807, 2.05) is 0 Å². The quantitative estimate of drug-likeness (QED) is 0.446. The fourth-order valence-corrected chi connectivity index (χ4v) is 10.3. The highest BCUT2D eigenvalue weighted by molar-refractivity contribution is 5.81. The largest absolute Gasteiger partial charge is 0.393 e. The van der Waals surface area contributed by atoms with Crippen LogP contribution >= 0.6 is 0 Å².